The summed E-state index contributed by atoms with van der Waals surface area (Å²) in [5.41, 5.74) is 16.7. The molecular weight excluding hydrogens is 793 g/mol. The van der Waals surface area contributed by atoms with E-state index >= 15 is 0 Å². The molecule has 4 aromatic rings. The first-order valence-electron chi connectivity index (χ1n) is 19.0. The molecule has 0 bridgehead atoms. The van der Waals surface area contributed by atoms with Crippen LogP contribution in [-0.2, 0) is 0 Å². The van der Waals surface area contributed by atoms with Gasteiger partial charge in [-0.25, -0.2) is 0 Å². The smallest absolute Gasteiger partial charge is 0.122 e. The van der Waals surface area contributed by atoms with Gasteiger partial charge in [0, 0.05) is 61.5 Å². The van der Waals surface area contributed by atoms with Crippen molar-refractivity contribution < 1.29 is 9.47 Å². The first-order chi connectivity index (χ1) is 26.7. The lowest BCUT2D eigenvalue weighted by atomic mass is 10.1. The molecule has 4 aromatic carbocycles. The summed E-state index contributed by atoms with van der Waals surface area (Å²) in [6.45, 7) is 7.11. The number of anilines is 2. The Morgan fingerprint density at radius 2 is 1.07 bits per heavy atom. The molecule has 11 nitrogen and oxygen atoms in total. The second-order valence-electron chi connectivity index (χ2n) is 13.7. The first-order valence-corrected chi connectivity index (χ1v) is 19.0. The van der Waals surface area contributed by atoms with Crippen molar-refractivity contribution in [3.63, 3.8) is 0 Å². The highest BCUT2D eigenvalue weighted by Gasteiger charge is 2.20. The number of piperidine rings is 2. The van der Waals surface area contributed by atoms with Gasteiger partial charge in [0.2, 0.25) is 0 Å². The van der Waals surface area contributed by atoms with E-state index in [0.717, 1.165) is 104 Å². The summed E-state index contributed by atoms with van der Waals surface area (Å²) < 4.78 is 12.1. The van der Waals surface area contributed by atoms with E-state index < -0.39 is 0 Å². The van der Waals surface area contributed by atoms with E-state index in [1.165, 1.54) is 0 Å². The van der Waals surface area contributed by atoms with Gasteiger partial charge in [0.15, 0.2) is 0 Å². The number of likely N-dealkylation sites (tertiary alicyclic amines) is 1. The summed E-state index contributed by atoms with van der Waals surface area (Å²) in [7, 11) is 0. The van der Waals surface area contributed by atoms with Crippen molar-refractivity contribution >= 4 is 78.3 Å². The van der Waals surface area contributed by atoms with Crippen LogP contribution in [0.15, 0.2) is 109 Å². The molecule has 2 fully saturated rings. The van der Waals surface area contributed by atoms with Gasteiger partial charge < -0.3 is 41.8 Å². The van der Waals surface area contributed by atoms with Gasteiger partial charge in [0.1, 0.15) is 35.4 Å². The third-order valence-corrected chi connectivity index (χ3v) is 9.38. The van der Waals surface area contributed by atoms with E-state index in [9.17, 15) is 0 Å². The second kappa shape index (κ2) is 25.9. The summed E-state index contributed by atoms with van der Waals surface area (Å²) in [6.07, 6.45) is 12.7. The first kappa shape index (κ1) is 48.9. The number of nitrogen functional groups attached to an aromatic ring is 2. The van der Waals surface area contributed by atoms with Crippen LogP contribution in [0.5, 0.6) is 11.5 Å². The Kier molecular flexibility index (Phi) is 21.9. The molecule has 14 heteroatoms. The van der Waals surface area contributed by atoms with Crippen molar-refractivity contribution in [2.45, 2.75) is 44.8 Å². The Morgan fingerprint density at radius 3 is 1.47 bits per heavy atom. The van der Waals surface area contributed by atoms with Gasteiger partial charge in [0.25, 0.3) is 0 Å². The molecule has 0 amide bonds. The number of benzene rings is 4. The molecule has 0 unspecified atom stereocenters. The second-order valence-corrected chi connectivity index (χ2v) is 13.7. The van der Waals surface area contributed by atoms with Gasteiger partial charge in [-0.2, -0.15) is 0 Å². The topological polar surface area (TPSA) is 181 Å². The van der Waals surface area contributed by atoms with E-state index in [4.69, 9.17) is 37.2 Å². The van der Waals surface area contributed by atoms with Crippen LogP contribution >= 0.6 is 37.2 Å². The molecule has 2 aliphatic rings. The van der Waals surface area contributed by atoms with Crippen molar-refractivity contribution in [2.75, 3.05) is 49.9 Å². The highest BCUT2D eigenvalue weighted by atomic mass is 35.5. The van der Waals surface area contributed by atoms with Crippen LogP contribution in [0, 0.1) is 16.2 Å². The van der Waals surface area contributed by atoms with E-state index in [-0.39, 0.29) is 55.0 Å². The lowest BCUT2D eigenvalue weighted by molar-refractivity contribution is 0.130. The molecule has 0 aliphatic carbocycles. The third kappa shape index (κ3) is 16.7. The SMILES string of the molecule is CC(=N)N1CCC(Oc2ccc(NC/C=C/c3cccc(C(=N)N)c3)cc2)CC1.Cl.Cl.Cl.N=C(N)c1cccc(/C=C/CNc2ccc(OC3CCNCC3)cc2)c1. The molecule has 2 saturated heterocycles. The van der Waals surface area contributed by atoms with E-state index in [2.05, 4.69) is 26.9 Å². The maximum atomic E-state index is 7.70. The zero-order valence-electron chi connectivity index (χ0n) is 32.9. The minimum atomic E-state index is 0. The Balaban J connectivity index is 0.000000382. The Labute approximate surface area is 361 Å². The van der Waals surface area contributed by atoms with Crippen LogP contribution in [0.2, 0.25) is 0 Å². The quantitative estimate of drug-likeness (QED) is 0.0460. The lowest BCUT2D eigenvalue weighted by Crippen LogP contribution is -2.40. The number of nitrogens with zero attached hydrogens (tertiary/aromatic N) is 1. The highest BCUT2D eigenvalue weighted by Crippen LogP contribution is 2.22. The fraction of sp³-hybridized carbons (Fsp3) is 0.295. The van der Waals surface area contributed by atoms with Crippen molar-refractivity contribution in [1.29, 1.82) is 16.2 Å². The Morgan fingerprint density at radius 1 is 0.655 bits per heavy atom. The largest absolute Gasteiger partial charge is 0.490 e. The van der Waals surface area contributed by atoms with Gasteiger partial charge in [-0.15, -0.1) is 37.2 Å². The van der Waals surface area contributed by atoms with Gasteiger partial charge in [-0.3, -0.25) is 16.2 Å². The summed E-state index contributed by atoms with van der Waals surface area (Å²) in [4.78, 5) is 2.09. The molecule has 2 heterocycles. The van der Waals surface area contributed by atoms with Crippen molar-refractivity contribution in [1.82, 2.24) is 10.2 Å². The normalized spacial score (nSPS) is 14.1. The summed E-state index contributed by atoms with van der Waals surface area (Å²) in [6, 6.07) is 31.4. The molecule has 10 N–H and O–H groups in total. The van der Waals surface area contributed by atoms with Gasteiger partial charge in [-0.1, -0.05) is 60.7 Å². The number of hydrogen-bond acceptors (Lipinski definition) is 8. The molecule has 0 spiro atoms. The van der Waals surface area contributed by atoms with Crippen molar-refractivity contribution in [3.8, 4) is 11.5 Å². The van der Waals surface area contributed by atoms with Gasteiger partial charge in [0.05, 0.1) is 5.84 Å². The Hall–Kier alpha value is -5.20. The van der Waals surface area contributed by atoms with E-state index in [1.54, 1.807) is 0 Å². The molecular formula is C44H58Cl3N9O2. The molecule has 0 atom stereocenters. The fourth-order valence-electron chi connectivity index (χ4n) is 6.27. The van der Waals surface area contributed by atoms with Crippen LogP contribution < -0.4 is 36.9 Å². The number of halogens is 3. The third-order valence-electron chi connectivity index (χ3n) is 9.38. The molecule has 312 valence electrons. The maximum Gasteiger partial charge on any atom is 0.122 e. The van der Waals surface area contributed by atoms with Crippen LogP contribution in [0.1, 0.15) is 54.9 Å². The minimum Gasteiger partial charge on any atom is -0.490 e. The number of rotatable bonds is 14. The zero-order valence-corrected chi connectivity index (χ0v) is 35.4. The van der Waals surface area contributed by atoms with Gasteiger partial charge in [-0.05, 0) is 105 Å². The molecule has 6 rings (SSSR count). The molecule has 0 radical (unpaired) electrons. The minimum absolute atomic E-state index is 0. The van der Waals surface area contributed by atoms with E-state index in [1.807, 2.05) is 122 Å². The van der Waals surface area contributed by atoms with Crippen LogP contribution in [-0.4, -0.2) is 73.9 Å². The average molecular weight is 851 g/mol. The van der Waals surface area contributed by atoms with Crippen molar-refractivity contribution in [2.24, 2.45) is 11.5 Å². The predicted molar refractivity (Wildman–Crippen MR) is 250 cm³/mol. The summed E-state index contributed by atoms with van der Waals surface area (Å²) >= 11 is 0. The lowest BCUT2D eigenvalue weighted by Gasteiger charge is -2.32. The number of nitrogens with one attached hydrogen (secondary N) is 6. The number of hydrogen-bond donors (Lipinski definition) is 8. The zero-order chi connectivity index (χ0) is 38.8. The number of ether oxygens (including phenoxy) is 2. The molecule has 0 saturated carbocycles. The van der Waals surface area contributed by atoms with Crippen LogP contribution in [0.3, 0.4) is 0 Å². The van der Waals surface area contributed by atoms with Gasteiger partial charge >= 0.3 is 0 Å². The highest BCUT2D eigenvalue weighted by molar-refractivity contribution is 5.96. The van der Waals surface area contributed by atoms with E-state index in [0.29, 0.717) is 18.5 Å². The summed E-state index contributed by atoms with van der Waals surface area (Å²) in [5.74, 6) is 2.62. The van der Waals surface area contributed by atoms with Crippen molar-refractivity contribution in [3.05, 3.63) is 131 Å². The predicted octanol–water partition coefficient (Wildman–Crippen LogP) is 8.43. The molecule has 0 aromatic heterocycles. The number of nitrogens with two attached hydrogens (primary N) is 2. The average Bonchev–Trinajstić information content (AvgIpc) is 3.20. The fourth-order valence-corrected chi connectivity index (χ4v) is 6.27. The summed E-state index contributed by atoms with van der Waals surface area (Å²) in [5, 5.41) is 32.8. The Bertz CT molecular complexity index is 1910. The number of amidine groups is 3. The standard InChI is InChI=1S/C23H29N5O.C21H26N4O.3ClH/c1-17(24)28-14-11-22(12-15-28)29-21-9-7-20(8-10-21)27-13-3-5-18-4-2-6-19(16-18)23(25)26;22-21(23)17-5-1-3-16(15-17)4-2-12-25-18-6-8-19(9-7-18)26-20-10-13-24-14-11-20;;;/h2-10,16,22,24,27H,11-15H2,1H3,(H3,25,26);1-9,15,20,24-25H,10-14H2,(H3,22,23);3*1H/b5-3+,24-17?;4-2+;;;. The van der Waals surface area contributed by atoms with Crippen LogP contribution in [0.4, 0.5) is 11.4 Å². The monoisotopic (exact) mass is 849 g/mol. The maximum absolute atomic E-state index is 7.70. The van der Waals surface area contributed by atoms with Crippen LogP contribution in [0.25, 0.3) is 12.2 Å². The molecule has 2 aliphatic heterocycles. The molecule has 58 heavy (non-hydrogen) atoms.